The number of quaternary nitrogens is 1. The monoisotopic (exact) mass is 626 g/mol. The van der Waals surface area contributed by atoms with Gasteiger partial charge in [0.15, 0.2) is 6.54 Å². The fourth-order valence-corrected chi connectivity index (χ4v) is 5.37. The van der Waals surface area contributed by atoms with Crippen molar-refractivity contribution in [1.29, 1.82) is 0 Å². The summed E-state index contributed by atoms with van der Waals surface area (Å²) in [6.07, 6.45) is 27.9. The normalized spacial score (nSPS) is 11.5. The number of amides is 1. The zero-order valence-corrected chi connectivity index (χ0v) is 29.9. The number of hydrogen-bond acceptors (Lipinski definition) is 5. The van der Waals surface area contributed by atoms with Gasteiger partial charge in [0.25, 0.3) is 5.91 Å². The minimum Gasteiger partial charge on any atom is -0.466 e. The van der Waals surface area contributed by atoms with E-state index in [2.05, 4.69) is 13.8 Å². The van der Waals surface area contributed by atoms with Crippen molar-refractivity contribution in [2.24, 2.45) is 0 Å². The molecule has 0 spiro atoms. The van der Waals surface area contributed by atoms with Gasteiger partial charge in [0.05, 0.1) is 47.2 Å². The molecule has 0 fully saturated rings. The summed E-state index contributed by atoms with van der Waals surface area (Å²) in [6.45, 7) is 6.22. The second-order valence-electron chi connectivity index (χ2n) is 13.8. The topological polar surface area (TPSA) is 72.9 Å². The number of esters is 2. The predicted molar refractivity (Wildman–Crippen MR) is 184 cm³/mol. The average Bonchev–Trinajstić information content (AvgIpc) is 2.97. The molecule has 0 aromatic heterocycles. The molecule has 7 heteroatoms. The van der Waals surface area contributed by atoms with Gasteiger partial charge >= 0.3 is 11.9 Å². The molecule has 0 radical (unpaired) electrons. The Bertz CT molecular complexity index is 648. The minimum atomic E-state index is -0.279. The summed E-state index contributed by atoms with van der Waals surface area (Å²) in [5.74, 6) is -0.618. The lowest BCUT2D eigenvalue weighted by Crippen LogP contribution is -2.47. The van der Waals surface area contributed by atoms with Crippen LogP contribution in [0.3, 0.4) is 0 Å². The van der Waals surface area contributed by atoms with E-state index in [0.29, 0.717) is 24.2 Å². The van der Waals surface area contributed by atoms with E-state index in [-0.39, 0.29) is 43.8 Å². The van der Waals surface area contributed by atoms with Gasteiger partial charge in [-0.2, -0.15) is 0 Å². The first-order chi connectivity index (χ1) is 21.2. The third-order valence-electron chi connectivity index (χ3n) is 8.16. The Morgan fingerprint density at radius 2 is 0.773 bits per heavy atom. The van der Waals surface area contributed by atoms with Crippen molar-refractivity contribution in [1.82, 2.24) is 4.90 Å². The molecule has 0 aromatic carbocycles. The standard InChI is InChI=1S/C37H73N2O5/c1-6-8-10-12-14-16-18-20-22-24-26-32-43-36(41)28-30-38(35(40)34-39(3,4)5)31-29-37(42)44-33-27-25-23-21-19-17-15-13-11-9-7-2/h6-34H2,1-5H3/q+1. The molecule has 0 atom stereocenters. The van der Waals surface area contributed by atoms with Gasteiger partial charge < -0.3 is 18.9 Å². The molecule has 44 heavy (non-hydrogen) atoms. The molecule has 7 nitrogen and oxygen atoms in total. The Morgan fingerprint density at radius 3 is 1.07 bits per heavy atom. The van der Waals surface area contributed by atoms with Crippen LogP contribution in [0.5, 0.6) is 0 Å². The van der Waals surface area contributed by atoms with E-state index in [0.717, 1.165) is 25.7 Å². The summed E-state index contributed by atoms with van der Waals surface area (Å²) in [5.41, 5.74) is 0. The molecule has 0 aliphatic carbocycles. The average molecular weight is 626 g/mol. The largest absolute Gasteiger partial charge is 0.466 e. The maximum Gasteiger partial charge on any atom is 0.307 e. The number of ether oxygens (including phenoxy) is 2. The molecule has 0 rings (SSSR count). The summed E-state index contributed by atoms with van der Waals surface area (Å²) >= 11 is 0. The fraction of sp³-hybridized carbons (Fsp3) is 0.919. The molecule has 0 bridgehead atoms. The van der Waals surface area contributed by atoms with Crippen LogP contribution in [-0.4, -0.2) is 81.2 Å². The van der Waals surface area contributed by atoms with E-state index >= 15 is 0 Å². The maximum atomic E-state index is 12.9. The fourth-order valence-electron chi connectivity index (χ4n) is 5.37. The third-order valence-corrected chi connectivity index (χ3v) is 8.16. The number of likely N-dealkylation sites (N-methyl/N-ethyl adjacent to an activating group) is 1. The smallest absolute Gasteiger partial charge is 0.307 e. The molecule has 0 saturated carbocycles. The molecule has 0 heterocycles. The maximum absolute atomic E-state index is 12.9. The van der Waals surface area contributed by atoms with Crippen molar-refractivity contribution < 1.29 is 28.3 Å². The highest BCUT2D eigenvalue weighted by Crippen LogP contribution is 2.13. The second-order valence-corrected chi connectivity index (χ2v) is 13.8. The Balaban J connectivity index is 4.09. The first-order valence-electron chi connectivity index (χ1n) is 18.6. The molecule has 0 unspecified atom stereocenters. The Morgan fingerprint density at radius 1 is 0.477 bits per heavy atom. The second kappa shape index (κ2) is 30.0. The number of rotatable bonds is 32. The van der Waals surface area contributed by atoms with Gasteiger partial charge in [0, 0.05) is 13.1 Å². The van der Waals surface area contributed by atoms with Crippen LogP contribution >= 0.6 is 0 Å². The van der Waals surface area contributed by atoms with Crippen LogP contribution in [-0.2, 0) is 23.9 Å². The lowest BCUT2D eigenvalue weighted by Gasteiger charge is -2.28. The SMILES string of the molecule is CCCCCCCCCCCCCOC(=O)CCN(CCC(=O)OCCCCCCCCCCCCC)C(=O)C[N+](C)(C)C. The van der Waals surface area contributed by atoms with Gasteiger partial charge in [-0.25, -0.2) is 0 Å². The van der Waals surface area contributed by atoms with Gasteiger partial charge in [-0.15, -0.1) is 0 Å². The van der Waals surface area contributed by atoms with Crippen molar-refractivity contribution in [2.75, 3.05) is 54.0 Å². The van der Waals surface area contributed by atoms with Gasteiger partial charge in [0.1, 0.15) is 0 Å². The van der Waals surface area contributed by atoms with E-state index in [4.69, 9.17) is 9.47 Å². The van der Waals surface area contributed by atoms with E-state index in [9.17, 15) is 14.4 Å². The lowest BCUT2D eigenvalue weighted by molar-refractivity contribution is -0.862. The zero-order valence-electron chi connectivity index (χ0n) is 29.9. The van der Waals surface area contributed by atoms with Crippen LogP contribution in [0.4, 0.5) is 0 Å². The Hall–Kier alpha value is -1.63. The van der Waals surface area contributed by atoms with Crippen molar-refractivity contribution >= 4 is 17.8 Å². The highest BCUT2D eigenvalue weighted by Gasteiger charge is 2.22. The molecule has 0 N–H and O–H groups in total. The third kappa shape index (κ3) is 30.4. The minimum absolute atomic E-state index is 0.0613. The number of carbonyl (C=O) groups is 3. The summed E-state index contributed by atoms with van der Waals surface area (Å²) in [6, 6.07) is 0. The van der Waals surface area contributed by atoms with Gasteiger partial charge in [-0.05, 0) is 12.8 Å². The number of unbranched alkanes of at least 4 members (excludes halogenated alkanes) is 20. The molecule has 0 aliphatic heterocycles. The lowest BCUT2D eigenvalue weighted by atomic mass is 10.1. The van der Waals surface area contributed by atoms with Gasteiger partial charge in [-0.3, -0.25) is 14.4 Å². The van der Waals surface area contributed by atoms with Crippen LogP contribution in [0.15, 0.2) is 0 Å². The molecular weight excluding hydrogens is 552 g/mol. The van der Waals surface area contributed by atoms with Crippen LogP contribution < -0.4 is 0 Å². The Labute approximate surface area is 272 Å². The van der Waals surface area contributed by atoms with Crippen molar-refractivity contribution in [3.8, 4) is 0 Å². The van der Waals surface area contributed by atoms with Gasteiger partial charge in [0.2, 0.25) is 0 Å². The van der Waals surface area contributed by atoms with Crippen molar-refractivity contribution in [2.45, 2.75) is 168 Å². The van der Waals surface area contributed by atoms with Crippen molar-refractivity contribution in [3.05, 3.63) is 0 Å². The van der Waals surface area contributed by atoms with Crippen LogP contribution in [0.1, 0.15) is 168 Å². The Kier molecular flexibility index (Phi) is 28.9. The number of nitrogens with zero attached hydrogens (tertiary/aromatic N) is 2. The highest BCUT2D eigenvalue weighted by molar-refractivity contribution is 5.79. The molecule has 0 aliphatic rings. The first kappa shape index (κ1) is 42.4. The van der Waals surface area contributed by atoms with E-state index in [1.807, 2.05) is 21.1 Å². The zero-order chi connectivity index (χ0) is 32.7. The summed E-state index contributed by atoms with van der Waals surface area (Å²) in [4.78, 5) is 39.3. The first-order valence-corrected chi connectivity index (χ1v) is 18.6. The number of carbonyl (C=O) groups excluding carboxylic acids is 3. The highest BCUT2D eigenvalue weighted by atomic mass is 16.5. The summed E-state index contributed by atoms with van der Waals surface area (Å²) < 4.78 is 11.4. The van der Waals surface area contributed by atoms with E-state index in [1.165, 1.54) is 116 Å². The van der Waals surface area contributed by atoms with Crippen LogP contribution in [0.2, 0.25) is 0 Å². The quantitative estimate of drug-likeness (QED) is 0.0424. The number of hydrogen-bond donors (Lipinski definition) is 0. The molecule has 260 valence electrons. The van der Waals surface area contributed by atoms with E-state index < -0.39 is 0 Å². The molecule has 0 aromatic rings. The molecule has 1 amide bonds. The molecule has 0 saturated heterocycles. The summed E-state index contributed by atoms with van der Waals surface area (Å²) in [5, 5.41) is 0. The predicted octanol–water partition coefficient (Wildman–Crippen LogP) is 9.01. The van der Waals surface area contributed by atoms with Gasteiger partial charge in [-0.1, -0.05) is 142 Å². The molecular formula is C37H73N2O5+. The van der Waals surface area contributed by atoms with Crippen LogP contribution in [0.25, 0.3) is 0 Å². The van der Waals surface area contributed by atoms with Crippen LogP contribution in [0, 0.1) is 0 Å². The van der Waals surface area contributed by atoms with Crippen molar-refractivity contribution in [3.63, 3.8) is 0 Å². The summed E-state index contributed by atoms with van der Waals surface area (Å²) in [7, 11) is 5.87. The van der Waals surface area contributed by atoms with E-state index in [1.54, 1.807) is 4.90 Å².